The molecule has 264 valence electrons. The van der Waals surface area contributed by atoms with Crippen LogP contribution < -0.4 is 19.1 Å². The monoisotopic (exact) mass is 719 g/mol. The van der Waals surface area contributed by atoms with Crippen LogP contribution in [0.25, 0.3) is 0 Å². The van der Waals surface area contributed by atoms with Crippen LogP contribution in [0.1, 0.15) is 70.9 Å². The second-order valence-corrected chi connectivity index (χ2v) is 16.7. The van der Waals surface area contributed by atoms with Gasteiger partial charge in [-0.2, -0.15) is 0 Å². The number of nitrogens with one attached hydrogen (secondary N) is 1. The summed E-state index contributed by atoms with van der Waals surface area (Å²) in [5.41, 5.74) is 3.18. The summed E-state index contributed by atoms with van der Waals surface area (Å²) < 4.78 is 34.4. The number of aliphatic hydroxyl groups excluding tert-OH is 1. The molecule has 1 spiro atoms. The molecule has 2 N–H and O–H groups in total. The fourth-order valence-electron chi connectivity index (χ4n) is 7.92. The van der Waals surface area contributed by atoms with E-state index in [0.717, 1.165) is 37.8 Å². The van der Waals surface area contributed by atoms with Crippen LogP contribution in [0.5, 0.6) is 11.6 Å². The topological polar surface area (TPSA) is 135 Å². The third-order valence-corrected chi connectivity index (χ3v) is 12.8. The molecular weight excluding hydrogens is 678 g/mol. The van der Waals surface area contributed by atoms with Gasteiger partial charge < -0.3 is 19.5 Å². The van der Waals surface area contributed by atoms with E-state index in [2.05, 4.69) is 43.1 Å². The Morgan fingerprint density at radius 2 is 2.08 bits per heavy atom. The number of hydrogen-bond donors (Lipinski definition) is 2. The zero-order valence-electron chi connectivity index (χ0n) is 28.5. The molecule has 1 saturated carbocycles. The standard InChI is InChI=1S/C37H42ClN5O6S/c1-23-6-4-8-32(44)28-12-9-26(28)18-43-21-37(15-5-7-24-16-27(38)11-13-30(24)37)22-49-33-14-10-25(17-31(33)43)34(45)40-50(47,20-23)41-35(46)29-19-42(2)39-36(29)48-3/h10-11,13-14,16-17,19,23,26,28,32,44H,5-7,9,12,15,18,20-22H2,1-3H3,(H,40,41,45,46,47)/t23-,26-,28+,32-,37-,50?/m0/s1. The second-order valence-electron chi connectivity index (χ2n) is 14.2. The van der Waals surface area contributed by atoms with Gasteiger partial charge in [-0.05, 0) is 85.4 Å². The fourth-order valence-corrected chi connectivity index (χ4v) is 9.98. The van der Waals surface area contributed by atoms with Gasteiger partial charge in [-0.15, -0.1) is 15.4 Å². The number of fused-ring (bicyclic) bond motifs is 4. The first kappa shape index (κ1) is 34.4. The zero-order chi connectivity index (χ0) is 35.2. The molecule has 2 aromatic carbocycles. The molecule has 0 saturated heterocycles. The Labute approximate surface area is 298 Å². The summed E-state index contributed by atoms with van der Waals surface area (Å²) in [6, 6.07) is 11.3. The number of hydrogen-bond acceptors (Lipinski definition) is 8. The van der Waals surface area contributed by atoms with Crippen molar-refractivity contribution in [3.05, 3.63) is 69.9 Å². The van der Waals surface area contributed by atoms with E-state index in [1.54, 1.807) is 25.2 Å². The van der Waals surface area contributed by atoms with E-state index in [-0.39, 0.29) is 45.9 Å². The molecule has 50 heavy (non-hydrogen) atoms. The lowest BCUT2D eigenvalue weighted by atomic mass is 9.68. The van der Waals surface area contributed by atoms with Crippen molar-refractivity contribution in [2.75, 3.05) is 37.5 Å². The summed E-state index contributed by atoms with van der Waals surface area (Å²) in [6.07, 6.45) is 5.65. The Balaban J connectivity index is 1.30. The lowest BCUT2D eigenvalue weighted by molar-refractivity contribution is 0.0515. The third kappa shape index (κ3) is 6.71. The van der Waals surface area contributed by atoms with E-state index in [0.29, 0.717) is 36.9 Å². The van der Waals surface area contributed by atoms with Crippen LogP contribution in [0.4, 0.5) is 5.69 Å². The summed E-state index contributed by atoms with van der Waals surface area (Å²) in [5.74, 6) is 5.15. The van der Waals surface area contributed by atoms with Gasteiger partial charge in [-0.1, -0.05) is 30.5 Å². The van der Waals surface area contributed by atoms with Gasteiger partial charge in [-0.3, -0.25) is 19.0 Å². The van der Waals surface area contributed by atoms with Crippen molar-refractivity contribution < 1.29 is 28.4 Å². The van der Waals surface area contributed by atoms with E-state index in [1.807, 2.05) is 13.0 Å². The maximum absolute atomic E-state index is 14.5. The molecule has 13 heteroatoms. The number of aryl methyl sites for hydroxylation is 2. The molecule has 7 rings (SSSR count). The Hall–Kier alpha value is -4.05. The molecule has 6 atom stereocenters. The number of rotatable bonds is 3. The van der Waals surface area contributed by atoms with Crippen molar-refractivity contribution in [1.82, 2.24) is 14.5 Å². The van der Waals surface area contributed by atoms with Crippen molar-refractivity contribution in [2.45, 2.75) is 57.0 Å². The largest absolute Gasteiger partial charge is 0.490 e. The van der Waals surface area contributed by atoms with Crippen molar-refractivity contribution in [3.8, 4) is 23.5 Å². The molecule has 3 heterocycles. The first-order valence-electron chi connectivity index (χ1n) is 17.1. The number of halogens is 1. The molecule has 1 aromatic heterocycles. The normalized spacial score (nSPS) is 29.1. The molecule has 1 fully saturated rings. The Morgan fingerprint density at radius 3 is 2.86 bits per heavy atom. The minimum absolute atomic E-state index is 0.00419. The van der Waals surface area contributed by atoms with Gasteiger partial charge in [0.25, 0.3) is 11.8 Å². The summed E-state index contributed by atoms with van der Waals surface area (Å²) >= 11 is 6.42. The fraction of sp³-hybridized carbons (Fsp3) is 0.486. The number of ether oxygens (including phenoxy) is 2. The SMILES string of the molecule is COc1nn(C)cc1C(=O)NS1(=O)=NC(=O)c2ccc3c(c2)N(C[C@@H]2CC[C@H]2[C@@H](O)C#CC[C@H](C)C1)C[C@@]1(CCCc2cc(Cl)ccc21)CO3. The predicted octanol–water partition coefficient (Wildman–Crippen LogP) is 4.94. The average Bonchev–Trinajstić information content (AvgIpc) is 3.37. The summed E-state index contributed by atoms with van der Waals surface area (Å²) in [4.78, 5) is 29.6. The number of carbonyl (C=O) groups excluding carboxylic acids is 2. The van der Waals surface area contributed by atoms with Gasteiger partial charge in [0.15, 0.2) is 0 Å². The first-order valence-corrected chi connectivity index (χ1v) is 19.2. The van der Waals surface area contributed by atoms with E-state index in [1.165, 1.54) is 29.1 Å². The highest BCUT2D eigenvalue weighted by atomic mass is 35.5. The summed E-state index contributed by atoms with van der Waals surface area (Å²) in [6.45, 7) is 3.58. The molecule has 2 bridgehead atoms. The number of methoxy groups -OCH3 is 1. The van der Waals surface area contributed by atoms with E-state index >= 15 is 0 Å². The van der Waals surface area contributed by atoms with Gasteiger partial charge in [0, 0.05) is 54.7 Å². The first-order chi connectivity index (χ1) is 24.0. The lowest BCUT2D eigenvalue weighted by Gasteiger charge is -2.45. The van der Waals surface area contributed by atoms with Gasteiger partial charge in [0.05, 0.1) is 25.2 Å². The molecule has 0 radical (unpaired) electrons. The molecule has 4 aliphatic rings. The lowest BCUT2D eigenvalue weighted by Crippen LogP contribution is -2.49. The van der Waals surface area contributed by atoms with Crippen molar-refractivity contribution in [2.24, 2.45) is 29.2 Å². The van der Waals surface area contributed by atoms with Gasteiger partial charge in [0.1, 0.15) is 27.3 Å². The van der Waals surface area contributed by atoms with Crippen molar-refractivity contribution >= 4 is 39.0 Å². The molecule has 3 aromatic rings. The zero-order valence-corrected chi connectivity index (χ0v) is 30.1. The van der Waals surface area contributed by atoms with Crippen LogP contribution in [0.3, 0.4) is 0 Å². The molecule has 2 amide bonds. The quantitative estimate of drug-likeness (QED) is 0.364. The maximum Gasteiger partial charge on any atom is 0.286 e. The van der Waals surface area contributed by atoms with Gasteiger partial charge in [0.2, 0.25) is 5.88 Å². The number of nitrogens with zero attached hydrogens (tertiary/aromatic N) is 4. The molecule has 2 aliphatic heterocycles. The third-order valence-electron chi connectivity index (χ3n) is 10.5. The molecule has 2 aliphatic carbocycles. The minimum Gasteiger partial charge on any atom is -0.490 e. The number of carbonyl (C=O) groups is 2. The van der Waals surface area contributed by atoms with Crippen LogP contribution in [0.2, 0.25) is 5.02 Å². The molecule has 1 unspecified atom stereocenters. The second kappa shape index (κ2) is 13.6. The van der Waals surface area contributed by atoms with Crippen molar-refractivity contribution in [1.29, 1.82) is 0 Å². The smallest absolute Gasteiger partial charge is 0.286 e. The summed E-state index contributed by atoms with van der Waals surface area (Å²) in [7, 11) is -0.633. The van der Waals surface area contributed by atoms with Crippen LogP contribution in [0, 0.1) is 29.6 Å². The van der Waals surface area contributed by atoms with Crippen LogP contribution >= 0.6 is 11.6 Å². The average molecular weight is 720 g/mol. The van der Waals surface area contributed by atoms with Crippen LogP contribution in [0.15, 0.2) is 47.0 Å². The number of amides is 2. The maximum atomic E-state index is 14.5. The van der Waals surface area contributed by atoms with E-state index in [9.17, 15) is 18.9 Å². The number of anilines is 1. The van der Waals surface area contributed by atoms with Crippen LogP contribution in [-0.4, -0.2) is 69.6 Å². The molecule has 11 nitrogen and oxygen atoms in total. The minimum atomic E-state index is -3.65. The number of aromatic nitrogens is 2. The van der Waals surface area contributed by atoms with Gasteiger partial charge in [-0.25, -0.2) is 4.21 Å². The summed E-state index contributed by atoms with van der Waals surface area (Å²) in [5, 5.41) is 16.1. The highest BCUT2D eigenvalue weighted by Crippen LogP contribution is 2.46. The number of aliphatic hydroxyl groups is 1. The van der Waals surface area contributed by atoms with Gasteiger partial charge >= 0.3 is 0 Å². The Bertz CT molecular complexity index is 2030. The van der Waals surface area contributed by atoms with E-state index in [4.69, 9.17) is 21.1 Å². The number of benzene rings is 2. The highest BCUT2D eigenvalue weighted by Gasteiger charge is 2.44. The van der Waals surface area contributed by atoms with Crippen LogP contribution in [-0.2, 0) is 28.8 Å². The van der Waals surface area contributed by atoms with Crippen molar-refractivity contribution in [3.63, 3.8) is 0 Å². The predicted molar refractivity (Wildman–Crippen MR) is 191 cm³/mol. The highest BCUT2D eigenvalue weighted by molar-refractivity contribution is 7.92. The molecular formula is C37H42ClN5O6S. The van der Waals surface area contributed by atoms with E-state index < -0.39 is 27.8 Å². The Morgan fingerprint density at radius 1 is 1.24 bits per heavy atom. The Kier molecular flexibility index (Phi) is 9.35.